The first kappa shape index (κ1) is 22.3. The van der Waals surface area contributed by atoms with Crippen LogP contribution < -0.4 is 11.2 Å². The van der Waals surface area contributed by atoms with Crippen LogP contribution in [0.4, 0.5) is 0 Å². The number of rotatable bonds is 6. The Balaban J connectivity index is 2.53. The molecule has 1 aromatic rings. The van der Waals surface area contributed by atoms with Crippen LogP contribution in [-0.4, -0.2) is 60.4 Å². The Morgan fingerprint density at radius 3 is 2.48 bits per heavy atom. The van der Waals surface area contributed by atoms with Gasteiger partial charge >= 0.3 is 5.69 Å². The molecule has 0 aromatic carbocycles. The Labute approximate surface area is 164 Å². The fourth-order valence-corrected chi connectivity index (χ4v) is 4.49. The molecule has 0 unspecified atom stereocenters. The molecule has 1 saturated heterocycles. The number of halogens is 1. The number of nitrogens with one attached hydrogen (secondary N) is 1. The van der Waals surface area contributed by atoms with E-state index < -0.39 is 50.2 Å². The highest BCUT2D eigenvalue weighted by Crippen LogP contribution is 2.45. The van der Waals surface area contributed by atoms with Gasteiger partial charge in [0.15, 0.2) is 14.5 Å². The van der Waals surface area contributed by atoms with Gasteiger partial charge in [-0.1, -0.05) is 20.8 Å². The largest absolute Gasteiger partial charge is 0.408 e. The first-order valence-electron chi connectivity index (χ1n) is 8.79. The van der Waals surface area contributed by atoms with Crippen molar-refractivity contribution in [3.05, 3.63) is 33.1 Å². The van der Waals surface area contributed by atoms with Crippen molar-refractivity contribution >= 4 is 19.9 Å². The van der Waals surface area contributed by atoms with E-state index in [0.29, 0.717) is 0 Å². The van der Waals surface area contributed by atoms with Crippen LogP contribution in [0.1, 0.15) is 27.0 Å². The van der Waals surface area contributed by atoms with Gasteiger partial charge < -0.3 is 19.0 Å². The molecule has 0 saturated carbocycles. The summed E-state index contributed by atoms with van der Waals surface area (Å²) in [6.07, 6.45) is -0.952. The van der Waals surface area contributed by atoms with E-state index in [9.17, 15) is 14.7 Å². The highest BCUT2D eigenvalue weighted by atomic mass is 35.5. The van der Waals surface area contributed by atoms with E-state index in [-0.39, 0.29) is 10.9 Å². The van der Waals surface area contributed by atoms with Crippen LogP contribution in [0, 0.1) is 0 Å². The second-order valence-corrected chi connectivity index (χ2v) is 13.4. The van der Waals surface area contributed by atoms with Gasteiger partial charge in [-0.3, -0.25) is 14.3 Å². The van der Waals surface area contributed by atoms with Crippen LogP contribution >= 0.6 is 11.6 Å². The summed E-state index contributed by atoms with van der Waals surface area (Å²) >= 11 is 6.19. The van der Waals surface area contributed by atoms with Crippen LogP contribution in [0.25, 0.3) is 0 Å². The Hall–Kier alpha value is -0.973. The summed E-state index contributed by atoms with van der Waals surface area (Å²) in [4.78, 5) is 25.9. The number of nitrogens with zero attached hydrogens (tertiary/aromatic N) is 1. The second kappa shape index (κ2) is 7.80. The molecule has 27 heavy (non-hydrogen) atoms. The van der Waals surface area contributed by atoms with E-state index in [0.717, 1.165) is 0 Å². The quantitative estimate of drug-likeness (QED) is 0.533. The van der Waals surface area contributed by atoms with Crippen molar-refractivity contribution in [3.63, 3.8) is 0 Å². The van der Waals surface area contributed by atoms with E-state index in [4.69, 9.17) is 25.5 Å². The fraction of sp³-hybridized carbons (Fsp3) is 0.765. The first-order chi connectivity index (χ1) is 12.4. The maximum atomic E-state index is 12.3. The summed E-state index contributed by atoms with van der Waals surface area (Å²) in [6, 6.07) is 1.22. The van der Waals surface area contributed by atoms with E-state index in [1.165, 1.54) is 23.9 Å². The fourth-order valence-electron chi connectivity index (χ4n) is 2.85. The minimum atomic E-state index is -2.28. The molecule has 1 aliphatic rings. The van der Waals surface area contributed by atoms with Gasteiger partial charge in [0.2, 0.25) is 0 Å². The van der Waals surface area contributed by atoms with Gasteiger partial charge in [-0.2, -0.15) is 0 Å². The standard InChI is InChI=1S/C17H29ClN2O6Si/c1-16(2,3)27(5,6)26-13-12(24-4)14(25-17(13,9-18)10-21)20-8-7-11(22)19-15(20)23/h7-8,12-14,21H,9-10H2,1-6H3,(H,19,22,23)/t12-,13-,14+,17+/m0/s1. The van der Waals surface area contributed by atoms with Gasteiger partial charge in [-0.25, -0.2) is 4.79 Å². The van der Waals surface area contributed by atoms with Gasteiger partial charge in [0.05, 0.1) is 12.5 Å². The number of H-pyrrole nitrogens is 1. The topological polar surface area (TPSA) is 103 Å². The number of aromatic amines is 1. The second-order valence-electron chi connectivity index (χ2n) is 8.38. The van der Waals surface area contributed by atoms with Gasteiger partial charge in [-0.15, -0.1) is 11.6 Å². The van der Waals surface area contributed by atoms with Crippen molar-refractivity contribution in [2.24, 2.45) is 0 Å². The highest BCUT2D eigenvalue weighted by molar-refractivity contribution is 6.74. The molecular formula is C17H29ClN2O6Si. The number of aliphatic hydroxyl groups is 1. The van der Waals surface area contributed by atoms with E-state index >= 15 is 0 Å². The van der Waals surface area contributed by atoms with Gasteiger partial charge in [-0.05, 0) is 18.1 Å². The Morgan fingerprint density at radius 1 is 1.41 bits per heavy atom. The van der Waals surface area contributed by atoms with Crippen molar-refractivity contribution in [1.82, 2.24) is 9.55 Å². The molecule has 154 valence electrons. The minimum Gasteiger partial charge on any atom is -0.408 e. The molecule has 4 atom stereocenters. The highest BCUT2D eigenvalue weighted by Gasteiger charge is 2.59. The lowest BCUT2D eigenvalue weighted by atomic mass is 9.98. The van der Waals surface area contributed by atoms with Crippen molar-refractivity contribution in [3.8, 4) is 0 Å². The molecule has 2 rings (SSSR count). The van der Waals surface area contributed by atoms with E-state index in [2.05, 4.69) is 38.8 Å². The lowest BCUT2D eigenvalue weighted by Crippen LogP contribution is -2.56. The molecule has 0 spiro atoms. The van der Waals surface area contributed by atoms with Crippen LogP contribution in [0.15, 0.2) is 21.9 Å². The predicted molar refractivity (Wildman–Crippen MR) is 105 cm³/mol. The summed E-state index contributed by atoms with van der Waals surface area (Å²) in [7, 11) is -0.790. The van der Waals surface area contributed by atoms with Crippen LogP contribution in [-0.2, 0) is 13.9 Å². The van der Waals surface area contributed by atoms with E-state index in [1.54, 1.807) is 0 Å². The normalized spacial score (nSPS) is 29.3. The zero-order chi connectivity index (χ0) is 20.6. The third kappa shape index (κ3) is 4.08. The molecule has 1 aliphatic heterocycles. The van der Waals surface area contributed by atoms with Crippen LogP contribution in [0.2, 0.25) is 18.1 Å². The summed E-state index contributed by atoms with van der Waals surface area (Å²) in [6.45, 7) is 10.1. The summed E-state index contributed by atoms with van der Waals surface area (Å²) in [5, 5.41) is 10.0. The Morgan fingerprint density at radius 2 is 2.04 bits per heavy atom. The van der Waals surface area contributed by atoms with E-state index in [1.807, 2.05) is 0 Å². The zero-order valence-electron chi connectivity index (χ0n) is 16.6. The first-order valence-corrected chi connectivity index (χ1v) is 12.2. The average molecular weight is 421 g/mol. The monoisotopic (exact) mass is 420 g/mol. The molecule has 8 nitrogen and oxygen atoms in total. The number of aromatic nitrogens is 2. The predicted octanol–water partition coefficient (Wildman–Crippen LogP) is 1.44. The molecule has 1 aromatic heterocycles. The maximum absolute atomic E-state index is 12.3. The lowest BCUT2D eigenvalue weighted by molar-refractivity contribution is -0.114. The summed E-state index contributed by atoms with van der Waals surface area (Å²) in [5.41, 5.74) is -2.38. The minimum absolute atomic E-state index is 0.0444. The molecule has 0 amide bonds. The lowest BCUT2D eigenvalue weighted by Gasteiger charge is -2.42. The molecule has 2 heterocycles. The van der Waals surface area contributed by atoms with Crippen LogP contribution in [0.3, 0.4) is 0 Å². The van der Waals surface area contributed by atoms with Gasteiger partial charge in [0, 0.05) is 19.4 Å². The Kier molecular flexibility index (Phi) is 6.45. The molecular weight excluding hydrogens is 392 g/mol. The zero-order valence-corrected chi connectivity index (χ0v) is 18.4. The third-order valence-electron chi connectivity index (χ3n) is 5.57. The molecule has 0 bridgehead atoms. The summed E-state index contributed by atoms with van der Waals surface area (Å²) in [5.74, 6) is -0.0444. The van der Waals surface area contributed by atoms with Crippen molar-refractivity contribution < 1.29 is 19.0 Å². The molecule has 10 heteroatoms. The van der Waals surface area contributed by atoms with Crippen molar-refractivity contribution in [1.29, 1.82) is 0 Å². The number of hydrogen-bond donors (Lipinski definition) is 2. The maximum Gasteiger partial charge on any atom is 0.330 e. The molecule has 1 fully saturated rings. The van der Waals surface area contributed by atoms with Crippen molar-refractivity contribution in [2.45, 2.75) is 62.9 Å². The summed E-state index contributed by atoms with van der Waals surface area (Å²) < 4.78 is 19.5. The Bertz CT molecular complexity index is 768. The van der Waals surface area contributed by atoms with Gasteiger partial charge in [0.1, 0.15) is 17.8 Å². The molecule has 0 radical (unpaired) electrons. The van der Waals surface area contributed by atoms with Crippen LogP contribution in [0.5, 0.6) is 0 Å². The average Bonchev–Trinajstić information content (AvgIpc) is 2.87. The molecule has 0 aliphatic carbocycles. The number of hydrogen-bond acceptors (Lipinski definition) is 6. The number of alkyl halides is 1. The third-order valence-corrected chi connectivity index (χ3v) is 10.5. The number of aliphatic hydroxyl groups excluding tert-OH is 1. The van der Waals surface area contributed by atoms with Gasteiger partial charge in [0.25, 0.3) is 5.56 Å². The SMILES string of the molecule is CO[C@@H]1[C@H](n2ccc(=O)[nH]c2=O)O[C@@](CO)(CCl)[C@H]1O[Si](C)(C)C(C)(C)C. The smallest absolute Gasteiger partial charge is 0.330 e. The molecule has 2 N–H and O–H groups in total. The van der Waals surface area contributed by atoms with Crippen molar-refractivity contribution in [2.75, 3.05) is 19.6 Å². The number of ether oxygens (including phenoxy) is 2. The number of methoxy groups -OCH3 is 1.